The number of rotatable bonds is 6. The molecule has 0 heterocycles. The molecule has 1 aromatic rings. The van der Waals surface area contributed by atoms with Crippen LogP contribution >= 0.6 is 11.6 Å². The summed E-state index contributed by atoms with van der Waals surface area (Å²) in [5.74, 6) is -0.189. The highest BCUT2D eigenvalue weighted by Gasteiger charge is 2.20. The summed E-state index contributed by atoms with van der Waals surface area (Å²) in [6.45, 7) is 0.611. The second kappa shape index (κ2) is 6.11. The number of hydrogen-bond donors (Lipinski definition) is 2. The van der Waals surface area contributed by atoms with Crippen molar-refractivity contribution in [1.82, 2.24) is 5.32 Å². The van der Waals surface area contributed by atoms with Gasteiger partial charge in [-0.1, -0.05) is 11.6 Å². The Kier molecular flexibility index (Phi) is 4.67. The second-order valence-electron chi connectivity index (χ2n) is 4.94. The van der Waals surface area contributed by atoms with E-state index in [4.69, 9.17) is 11.6 Å². The Bertz CT molecular complexity index is 612. The first-order valence-electron chi connectivity index (χ1n) is 6.39. The fourth-order valence-electron chi connectivity index (χ4n) is 1.72. The van der Waals surface area contributed by atoms with Crippen molar-refractivity contribution in [1.29, 1.82) is 0 Å². The van der Waals surface area contributed by atoms with Crippen LogP contribution in [0.15, 0.2) is 23.1 Å². The van der Waals surface area contributed by atoms with Crippen molar-refractivity contribution in [2.24, 2.45) is 0 Å². The number of nitrogens with one attached hydrogen (secondary N) is 2. The van der Waals surface area contributed by atoms with Crippen LogP contribution in [0, 0.1) is 0 Å². The van der Waals surface area contributed by atoms with Gasteiger partial charge in [-0.05, 0) is 31.0 Å². The molecule has 1 aliphatic carbocycles. The van der Waals surface area contributed by atoms with E-state index in [1.54, 1.807) is 0 Å². The second-order valence-corrected chi connectivity index (χ2v) is 7.36. The van der Waals surface area contributed by atoms with E-state index < -0.39 is 9.84 Å². The van der Waals surface area contributed by atoms with Gasteiger partial charge in [-0.25, -0.2) is 8.42 Å². The Morgan fingerprint density at radius 1 is 1.40 bits per heavy atom. The van der Waals surface area contributed by atoms with Crippen LogP contribution in [0.1, 0.15) is 19.3 Å². The zero-order valence-corrected chi connectivity index (χ0v) is 12.7. The van der Waals surface area contributed by atoms with Crippen molar-refractivity contribution in [2.45, 2.75) is 30.2 Å². The van der Waals surface area contributed by atoms with E-state index in [2.05, 4.69) is 10.6 Å². The largest absolute Gasteiger partial charge is 0.325 e. The summed E-state index contributed by atoms with van der Waals surface area (Å²) in [5, 5.41) is 6.20. The SMILES string of the molecule is CS(=O)(=O)c1ccc(Cl)c(NC(=O)CCNC2CC2)c1. The van der Waals surface area contributed by atoms with Gasteiger partial charge in [0.1, 0.15) is 0 Å². The van der Waals surface area contributed by atoms with Gasteiger partial charge in [-0.2, -0.15) is 0 Å². The lowest BCUT2D eigenvalue weighted by Crippen LogP contribution is -2.23. The van der Waals surface area contributed by atoms with Gasteiger partial charge in [0.15, 0.2) is 9.84 Å². The Morgan fingerprint density at radius 2 is 2.10 bits per heavy atom. The van der Waals surface area contributed by atoms with Gasteiger partial charge in [0.2, 0.25) is 5.91 Å². The molecule has 0 saturated heterocycles. The summed E-state index contributed by atoms with van der Waals surface area (Å²) in [4.78, 5) is 11.9. The smallest absolute Gasteiger partial charge is 0.225 e. The molecule has 1 aromatic carbocycles. The minimum Gasteiger partial charge on any atom is -0.325 e. The lowest BCUT2D eigenvalue weighted by atomic mass is 10.3. The van der Waals surface area contributed by atoms with Gasteiger partial charge in [-0.3, -0.25) is 4.79 Å². The van der Waals surface area contributed by atoms with Crippen molar-refractivity contribution in [3.05, 3.63) is 23.2 Å². The first kappa shape index (κ1) is 15.3. The van der Waals surface area contributed by atoms with Crippen LogP contribution in [0.5, 0.6) is 0 Å². The highest BCUT2D eigenvalue weighted by atomic mass is 35.5. The van der Waals surface area contributed by atoms with Crippen molar-refractivity contribution >= 4 is 33.0 Å². The summed E-state index contributed by atoms with van der Waals surface area (Å²) >= 11 is 5.96. The Morgan fingerprint density at radius 3 is 2.70 bits per heavy atom. The van der Waals surface area contributed by atoms with Crippen LogP contribution in [0.25, 0.3) is 0 Å². The summed E-state index contributed by atoms with van der Waals surface area (Å²) in [6.07, 6.45) is 3.78. The average molecular weight is 317 g/mol. The Labute approximate surface area is 123 Å². The molecule has 0 unspecified atom stereocenters. The molecule has 0 radical (unpaired) electrons. The molecule has 5 nitrogen and oxygen atoms in total. The molecule has 1 fully saturated rings. The first-order chi connectivity index (χ1) is 9.36. The number of carbonyl (C=O) groups is 1. The molecule has 110 valence electrons. The lowest BCUT2D eigenvalue weighted by molar-refractivity contribution is -0.116. The third-order valence-electron chi connectivity index (χ3n) is 3.00. The molecule has 0 bridgehead atoms. The van der Waals surface area contributed by atoms with Gasteiger partial charge in [0.05, 0.1) is 15.6 Å². The fraction of sp³-hybridized carbons (Fsp3) is 0.462. The van der Waals surface area contributed by atoms with Gasteiger partial charge < -0.3 is 10.6 Å². The van der Waals surface area contributed by atoms with E-state index in [1.165, 1.54) is 31.0 Å². The third kappa shape index (κ3) is 4.47. The van der Waals surface area contributed by atoms with E-state index in [9.17, 15) is 13.2 Å². The first-order valence-corrected chi connectivity index (χ1v) is 8.66. The summed E-state index contributed by atoms with van der Waals surface area (Å²) in [5.41, 5.74) is 0.325. The minimum atomic E-state index is -3.32. The third-order valence-corrected chi connectivity index (χ3v) is 4.44. The summed E-state index contributed by atoms with van der Waals surface area (Å²) < 4.78 is 22.9. The van der Waals surface area contributed by atoms with Gasteiger partial charge >= 0.3 is 0 Å². The van der Waals surface area contributed by atoms with Crippen molar-refractivity contribution in [3.63, 3.8) is 0 Å². The van der Waals surface area contributed by atoms with E-state index in [0.29, 0.717) is 29.7 Å². The molecular formula is C13H17ClN2O3S. The maximum Gasteiger partial charge on any atom is 0.225 e. The van der Waals surface area contributed by atoms with E-state index in [1.807, 2.05) is 0 Å². The monoisotopic (exact) mass is 316 g/mol. The molecule has 1 aliphatic rings. The molecule has 2 rings (SSSR count). The van der Waals surface area contributed by atoms with Crippen LogP contribution in [0.3, 0.4) is 0 Å². The summed E-state index contributed by atoms with van der Waals surface area (Å²) in [7, 11) is -3.32. The maximum absolute atomic E-state index is 11.8. The van der Waals surface area contributed by atoms with Crippen LogP contribution in [0.2, 0.25) is 5.02 Å². The number of sulfone groups is 1. The molecule has 0 aromatic heterocycles. The zero-order valence-electron chi connectivity index (χ0n) is 11.1. The van der Waals surface area contributed by atoms with Crippen molar-refractivity contribution in [3.8, 4) is 0 Å². The van der Waals surface area contributed by atoms with Gasteiger partial charge in [0.25, 0.3) is 0 Å². The molecule has 7 heteroatoms. The Balaban J connectivity index is 1.98. The van der Waals surface area contributed by atoms with Crippen molar-refractivity contribution in [2.75, 3.05) is 18.1 Å². The molecule has 1 amide bonds. The molecular weight excluding hydrogens is 300 g/mol. The van der Waals surface area contributed by atoms with Crippen molar-refractivity contribution < 1.29 is 13.2 Å². The molecule has 1 saturated carbocycles. The average Bonchev–Trinajstić information content (AvgIpc) is 3.14. The highest BCUT2D eigenvalue weighted by molar-refractivity contribution is 7.90. The number of hydrogen-bond acceptors (Lipinski definition) is 4. The van der Waals surface area contributed by atoms with E-state index >= 15 is 0 Å². The van der Waals surface area contributed by atoms with Crippen LogP contribution in [-0.2, 0) is 14.6 Å². The number of carbonyl (C=O) groups excluding carboxylic acids is 1. The number of halogens is 1. The standard InChI is InChI=1S/C13H17ClN2O3S/c1-20(18,19)10-4-5-11(14)12(8-10)16-13(17)6-7-15-9-2-3-9/h4-5,8-9,15H,2-3,6-7H2,1H3,(H,16,17). The van der Waals surface area contributed by atoms with Crippen LogP contribution in [0.4, 0.5) is 5.69 Å². The van der Waals surface area contributed by atoms with Crippen LogP contribution in [-0.4, -0.2) is 33.2 Å². The fourth-order valence-corrected chi connectivity index (χ4v) is 2.53. The quantitative estimate of drug-likeness (QED) is 0.839. The molecule has 2 N–H and O–H groups in total. The van der Waals surface area contributed by atoms with Gasteiger partial charge in [-0.15, -0.1) is 0 Å². The highest BCUT2D eigenvalue weighted by Crippen LogP contribution is 2.25. The molecule has 0 spiro atoms. The molecule has 0 atom stereocenters. The summed E-state index contributed by atoms with van der Waals surface area (Å²) in [6, 6.07) is 4.82. The number of amides is 1. The predicted molar refractivity (Wildman–Crippen MR) is 78.8 cm³/mol. The normalized spacial score (nSPS) is 15.1. The lowest BCUT2D eigenvalue weighted by Gasteiger charge is -2.09. The maximum atomic E-state index is 11.8. The molecule has 20 heavy (non-hydrogen) atoms. The van der Waals surface area contributed by atoms with E-state index in [0.717, 1.165) is 6.26 Å². The number of benzene rings is 1. The number of anilines is 1. The Hall–Kier alpha value is -1.11. The van der Waals surface area contributed by atoms with Crippen LogP contribution < -0.4 is 10.6 Å². The zero-order chi connectivity index (χ0) is 14.8. The van der Waals surface area contributed by atoms with E-state index in [-0.39, 0.29) is 10.8 Å². The van der Waals surface area contributed by atoms with Gasteiger partial charge in [0, 0.05) is 25.3 Å². The predicted octanol–water partition coefficient (Wildman–Crippen LogP) is 1.82. The topological polar surface area (TPSA) is 75.3 Å². The molecule has 0 aliphatic heterocycles. The minimum absolute atomic E-state index is 0.133.